The number of hydrogen-bond donors (Lipinski definition) is 3. The average Bonchev–Trinajstić information content (AvgIpc) is 2.99. The molecule has 7 heteroatoms. The molecule has 1 aliphatic carbocycles. The van der Waals surface area contributed by atoms with Gasteiger partial charge >= 0.3 is 0 Å². The van der Waals surface area contributed by atoms with Crippen LogP contribution in [0.4, 0.5) is 5.13 Å². The smallest absolute Gasteiger partial charge is 0.229 e. The number of amides is 1. The molecular formula is C15H17N3O3S. The first kappa shape index (κ1) is 14.8. The zero-order valence-electron chi connectivity index (χ0n) is 12.0. The van der Waals surface area contributed by atoms with Gasteiger partial charge in [0.1, 0.15) is 5.01 Å². The fourth-order valence-corrected chi connectivity index (χ4v) is 3.36. The Labute approximate surface area is 131 Å². The predicted octanol–water partition coefficient (Wildman–Crippen LogP) is 3.14. The highest BCUT2D eigenvalue weighted by Gasteiger charge is 2.22. The van der Waals surface area contributed by atoms with Crippen LogP contribution in [0.5, 0.6) is 11.5 Å². The van der Waals surface area contributed by atoms with Crippen molar-refractivity contribution >= 4 is 22.4 Å². The van der Waals surface area contributed by atoms with Crippen LogP contribution in [0.25, 0.3) is 10.6 Å². The van der Waals surface area contributed by atoms with Gasteiger partial charge in [-0.15, -0.1) is 10.2 Å². The van der Waals surface area contributed by atoms with Crippen LogP contribution >= 0.6 is 11.3 Å². The van der Waals surface area contributed by atoms with E-state index in [9.17, 15) is 15.0 Å². The predicted molar refractivity (Wildman–Crippen MR) is 83.9 cm³/mol. The van der Waals surface area contributed by atoms with E-state index in [-0.39, 0.29) is 23.3 Å². The molecule has 1 aromatic heterocycles. The lowest BCUT2D eigenvalue weighted by atomic mass is 9.89. The number of phenolic OH excluding ortho intramolecular Hbond substituents is 2. The highest BCUT2D eigenvalue weighted by Crippen LogP contribution is 2.33. The van der Waals surface area contributed by atoms with Crippen molar-refractivity contribution in [1.29, 1.82) is 0 Å². The summed E-state index contributed by atoms with van der Waals surface area (Å²) in [5.41, 5.74) is 0.644. The van der Waals surface area contributed by atoms with Gasteiger partial charge in [-0.1, -0.05) is 30.6 Å². The first-order valence-corrected chi connectivity index (χ1v) is 8.12. The minimum Gasteiger partial charge on any atom is -0.504 e. The molecule has 6 nitrogen and oxygen atoms in total. The van der Waals surface area contributed by atoms with Crippen molar-refractivity contribution in [3.8, 4) is 22.1 Å². The van der Waals surface area contributed by atoms with Crippen molar-refractivity contribution in [3.05, 3.63) is 18.2 Å². The summed E-state index contributed by atoms with van der Waals surface area (Å²) in [6.07, 6.45) is 5.28. The van der Waals surface area contributed by atoms with E-state index < -0.39 is 0 Å². The number of aromatic nitrogens is 2. The molecule has 2 aromatic rings. The largest absolute Gasteiger partial charge is 0.504 e. The molecule has 3 N–H and O–H groups in total. The molecule has 1 amide bonds. The van der Waals surface area contributed by atoms with E-state index in [1.165, 1.54) is 29.9 Å². The lowest BCUT2D eigenvalue weighted by Crippen LogP contribution is -2.24. The molecule has 1 aliphatic rings. The lowest BCUT2D eigenvalue weighted by Gasteiger charge is -2.19. The number of anilines is 1. The Hall–Kier alpha value is -2.15. The van der Waals surface area contributed by atoms with Crippen molar-refractivity contribution in [1.82, 2.24) is 10.2 Å². The minimum atomic E-state index is -0.208. The van der Waals surface area contributed by atoms with E-state index in [0.29, 0.717) is 15.7 Å². The third-order valence-corrected chi connectivity index (χ3v) is 4.74. The zero-order chi connectivity index (χ0) is 15.5. The summed E-state index contributed by atoms with van der Waals surface area (Å²) in [5.74, 6) is -0.311. The molecule has 0 atom stereocenters. The van der Waals surface area contributed by atoms with Gasteiger partial charge in [-0.2, -0.15) is 0 Å². The van der Waals surface area contributed by atoms with Crippen molar-refractivity contribution in [2.75, 3.05) is 5.32 Å². The molecule has 0 aliphatic heterocycles. The fraction of sp³-hybridized carbons (Fsp3) is 0.400. The maximum atomic E-state index is 12.2. The second-order valence-electron chi connectivity index (χ2n) is 5.44. The number of hydrogen-bond acceptors (Lipinski definition) is 6. The van der Waals surface area contributed by atoms with Gasteiger partial charge < -0.3 is 15.5 Å². The molecule has 3 rings (SSSR count). The second-order valence-corrected chi connectivity index (χ2v) is 6.42. The molecule has 1 fully saturated rings. The first-order valence-electron chi connectivity index (χ1n) is 7.30. The summed E-state index contributed by atoms with van der Waals surface area (Å²) >= 11 is 1.25. The van der Waals surface area contributed by atoms with Gasteiger partial charge in [0.25, 0.3) is 0 Å². The summed E-state index contributed by atoms with van der Waals surface area (Å²) in [6.45, 7) is 0. The maximum absolute atomic E-state index is 12.2. The molecule has 22 heavy (non-hydrogen) atoms. The first-order chi connectivity index (χ1) is 10.6. The van der Waals surface area contributed by atoms with Crippen molar-refractivity contribution in [3.63, 3.8) is 0 Å². The van der Waals surface area contributed by atoms with Crippen LogP contribution in [0, 0.1) is 5.92 Å². The standard InChI is InChI=1S/C15H17N3O3S/c19-11-7-6-10(8-12(11)20)14-17-18-15(22-14)16-13(21)9-4-2-1-3-5-9/h6-9,19-20H,1-5H2,(H,16,18,21). The Morgan fingerprint density at radius 3 is 2.64 bits per heavy atom. The van der Waals surface area contributed by atoms with Crippen LogP contribution < -0.4 is 5.32 Å². The maximum Gasteiger partial charge on any atom is 0.229 e. The monoisotopic (exact) mass is 319 g/mol. The zero-order valence-corrected chi connectivity index (χ0v) is 12.8. The highest BCUT2D eigenvalue weighted by atomic mass is 32.1. The molecule has 1 heterocycles. The van der Waals surface area contributed by atoms with Crippen LogP contribution in [0.15, 0.2) is 18.2 Å². The molecule has 0 radical (unpaired) electrons. The number of phenols is 2. The molecule has 1 saturated carbocycles. The molecule has 0 bridgehead atoms. The topological polar surface area (TPSA) is 95.3 Å². The third kappa shape index (κ3) is 3.19. The van der Waals surface area contributed by atoms with E-state index in [4.69, 9.17) is 0 Å². The summed E-state index contributed by atoms with van der Waals surface area (Å²) in [5, 5.41) is 30.7. The van der Waals surface area contributed by atoms with Crippen molar-refractivity contribution in [2.45, 2.75) is 32.1 Å². The van der Waals surface area contributed by atoms with Gasteiger partial charge in [-0.3, -0.25) is 4.79 Å². The fourth-order valence-electron chi connectivity index (χ4n) is 2.62. The van der Waals surface area contributed by atoms with Crippen LogP contribution in [0.3, 0.4) is 0 Å². The number of aromatic hydroxyl groups is 2. The van der Waals surface area contributed by atoms with E-state index in [1.54, 1.807) is 6.07 Å². The molecule has 0 saturated heterocycles. The number of benzene rings is 1. The van der Waals surface area contributed by atoms with Gasteiger partial charge in [0, 0.05) is 11.5 Å². The Morgan fingerprint density at radius 1 is 1.14 bits per heavy atom. The SMILES string of the molecule is O=C(Nc1nnc(-c2ccc(O)c(O)c2)s1)C1CCCCC1. The van der Waals surface area contributed by atoms with Gasteiger partial charge in [0.05, 0.1) is 0 Å². The van der Waals surface area contributed by atoms with Crippen molar-refractivity contribution in [2.24, 2.45) is 5.92 Å². The molecule has 116 valence electrons. The third-order valence-electron chi connectivity index (χ3n) is 3.85. The van der Waals surface area contributed by atoms with E-state index in [0.717, 1.165) is 25.7 Å². The number of carbonyl (C=O) groups is 1. The summed E-state index contributed by atoms with van der Waals surface area (Å²) < 4.78 is 0. The summed E-state index contributed by atoms with van der Waals surface area (Å²) in [4.78, 5) is 12.2. The summed E-state index contributed by atoms with van der Waals surface area (Å²) in [7, 11) is 0. The van der Waals surface area contributed by atoms with E-state index >= 15 is 0 Å². The quantitative estimate of drug-likeness (QED) is 0.755. The second kappa shape index (κ2) is 6.31. The molecule has 0 spiro atoms. The van der Waals surface area contributed by atoms with Gasteiger partial charge in [0.2, 0.25) is 11.0 Å². The molecule has 1 aromatic carbocycles. The Kier molecular flexibility index (Phi) is 4.24. The Bertz CT molecular complexity index is 680. The Morgan fingerprint density at radius 2 is 1.91 bits per heavy atom. The number of nitrogens with one attached hydrogen (secondary N) is 1. The average molecular weight is 319 g/mol. The number of nitrogens with zero attached hydrogens (tertiary/aromatic N) is 2. The van der Waals surface area contributed by atoms with Gasteiger partial charge in [-0.05, 0) is 31.0 Å². The number of carbonyl (C=O) groups excluding carboxylic acids is 1. The van der Waals surface area contributed by atoms with Crippen LogP contribution in [-0.2, 0) is 4.79 Å². The van der Waals surface area contributed by atoms with Gasteiger partial charge in [0.15, 0.2) is 11.5 Å². The Balaban J connectivity index is 1.70. The van der Waals surface area contributed by atoms with Crippen LogP contribution in [-0.4, -0.2) is 26.3 Å². The number of rotatable bonds is 3. The van der Waals surface area contributed by atoms with Crippen LogP contribution in [0.2, 0.25) is 0 Å². The van der Waals surface area contributed by atoms with Gasteiger partial charge in [-0.25, -0.2) is 0 Å². The summed E-state index contributed by atoms with van der Waals surface area (Å²) in [6, 6.07) is 4.46. The molecule has 0 unspecified atom stereocenters. The minimum absolute atomic E-state index is 0.0101. The van der Waals surface area contributed by atoms with E-state index in [2.05, 4.69) is 15.5 Å². The normalized spacial score (nSPS) is 15.6. The van der Waals surface area contributed by atoms with E-state index in [1.807, 2.05) is 0 Å². The van der Waals surface area contributed by atoms with Crippen molar-refractivity contribution < 1.29 is 15.0 Å². The molecular weight excluding hydrogens is 302 g/mol. The lowest BCUT2D eigenvalue weighted by molar-refractivity contribution is -0.120. The highest BCUT2D eigenvalue weighted by molar-refractivity contribution is 7.18. The van der Waals surface area contributed by atoms with Crippen LogP contribution in [0.1, 0.15) is 32.1 Å².